The predicted octanol–water partition coefficient (Wildman–Crippen LogP) is 3.34. The van der Waals surface area contributed by atoms with Crippen LogP contribution in [0.25, 0.3) is 15.9 Å². The highest BCUT2D eigenvalue weighted by molar-refractivity contribution is 7.21. The van der Waals surface area contributed by atoms with Gasteiger partial charge in [0.1, 0.15) is 9.71 Å². The van der Waals surface area contributed by atoms with Crippen LogP contribution in [0.5, 0.6) is 11.5 Å². The second-order valence-corrected chi connectivity index (χ2v) is 8.49. The third kappa shape index (κ3) is 4.76. The maximum atomic E-state index is 13.1. The van der Waals surface area contributed by atoms with Gasteiger partial charge in [-0.15, -0.1) is 11.3 Å². The van der Waals surface area contributed by atoms with Crippen molar-refractivity contribution in [2.24, 2.45) is 10.8 Å². The van der Waals surface area contributed by atoms with Crippen LogP contribution in [0.4, 0.5) is 0 Å². The summed E-state index contributed by atoms with van der Waals surface area (Å²) in [5, 5.41) is 5.05. The minimum atomic E-state index is -0.587. The summed E-state index contributed by atoms with van der Waals surface area (Å²) >= 11 is 1.33. The lowest BCUT2D eigenvalue weighted by molar-refractivity contribution is -0.119. The Hall–Kier alpha value is -4.18. The number of hydrogen-bond donors (Lipinski definition) is 2. The predicted molar refractivity (Wildman–Crippen MR) is 131 cm³/mol. The molecule has 0 aliphatic rings. The summed E-state index contributed by atoms with van der Waals surface area (Å²) < 4.78 is 12.5. The van der Waals surface area contributed by atoms with Crippen molar-refractivity contribution in [2.45, 2.75) is 13.8 Å². The minimum Gasteiger partial charge on any atom is -0.493 e. The number of pyridine rings is 1. The van der Waals surface area contributed by atoms with E-state index in [-0.39, 0.29) is 12.5 Å². The Kier molecular flexibility index (Phi) is 6.60. The number of nitrogens with zero attached hydrogens (tertiary/aromatic N) is 3. The SMILES string of the molecule is COc1cc(/C=N\NC(=O)c2sc3nc(C)cc(C)c3c2-n2cccc2)ccc1OCC(N)=O. The highest BCUT2D eigenvalue weighted by Crippen LogP contribution is 2.35. The van der Waals surface area contributed by atoms with E-state index in [4.69, 9.17) is 15.2 Å². The molecule has 0 fully saturated rings. The minimum absolute atomic E-state index is 0.257. The van der Waals surface area contributed by atoms with Crippen molar-refractivity contribution in [3.63, 3.8) is 0 Å². The standard InChI is InChI=1S/C24H23N5O4S/c1-14-10-15(2)27-24-20(14)21(29-8-4-5-9-29)22(34-24)23(31)28-26-12-16-6-7-17(18(11-16)32-3)33-13-19(25)30/h4-12H,13H2,1-3H3,(H2,25,30)(H,28,31)/b26-12-. The van der Waals surface area contributed by atoms with Crippen LogP contribution < -0.4 is 20.6 Å². The average molecular weight is 478 g/mol. The van der Waals surface area contributed by atoms with E-state index in [0.29, 0.717) is 21.9 Å². The van der Waals surface area contributed by atoms with Gasteiger partial charge in [-0.2, -0.15) is 5.10 Å². The molecule has 0 aliphatic heterocycles. The lowest BCUT2D eigenvalue weighted by atomic mass is 10.1. The number of nitrogens with one attached hydrogen (secondary N) is 1. The van der Waals surface area contributed by atoms with Crippen molar-refractivity contribution >= 4 is 39.6 Å². The van der Waals surface area contributed by atoms with Crippen LogP contribution in [0.3, 0.4) is 0 Å². The molecular weight excluding hydrogens is 454 g/mol. The topological polar surface area (TPSA) is 121 Å². The van der Waals surface area contributed by atoms with E-state index in [2.05, 4.69) is 15.5 Å². The average Bonchev–Trinajstić information content (AvgIpc) is 3.45. The third-order valence-electron chi connectivity index (χ3n) is 4.97. The van der Waals surface area contributed by atoms with Crippen LogP contribution in [0.2, 0.25) is 0 Å². The Balaban J connectivity index is 1.59. The Morgan fingerprint density at radius 3 is 2.68 bits per heavy atom. The lowest BCUT2D eigenvalue weighted by Gasteiger charge is -2.09. The molecule has 0 unspecified atom stereocenters. The van der Waals surface area contributed by atoms with Crippen molar-refractivity contribution < 1.29 is 19.1 Å². The van der Waals surface area contributed by atoms with Crippen LogP contribution in [0.1, 0.15) is 26.5 Å². The quantitative estimate of drug-likeness (QED) is 0.298. The van der Waals surface area contributed by atoms with Gasteiger partial charge in [0.25, 0.3) is 11.8 Å². The van der Waals surface area contributed by atoms with E-state index in [0.717, 1.165) is 27.2 Å². The monoisotopic (exact) mass is 477 g/mol. The molecule has 9 nitrogen and oxygen atoms in total. The third-order valence-corrected chi connectivity index (χ3v) is 6.04. The molecule has 34 heavy (non-hydrogen) atoms. The van der Waals surface area contributed by atoms with Gasteiger partial charge in [0.15, 0.2) is 18.1 Å². The van der Waals surface area contributed by atoms with Gasteiger partial charge in [-0.1, -0.05) is 0 Å². The molecule has 0 saturated carbocycles. The second-order valence-electron chi connectivity index (χ2n) is 7.50. The number of thiophene rings is 1. The first-order chi connectivity index (χ1) is 16.4. The van der Waals surface area contributed by atoms with Crippen molar-refractivity contribution in [1.29, 1.82) is 0 Å². The molecule has 3 heterocycles. The van der Waals surface area contributed by atoms with E-state index in [1.165, 1.54) is 24.7 Å². The number of aryl methyl sites for hydroxylation is 2. The summed E-state index contributed by atoms with van der Waals surface area (Å²) in [5.74, 6) is -0.139. The van der Waals surface area contributed by atoms with Crippen LogP contribution in [-0.4, -0.2) is 41.3 Å². The number of hydrogen-bond acceptors (Lipinski definition) is 7. The highest BCUT2D eigenvalue weighted by Gasteiger charge is 2.22. The van der Waals surface area contributed by atoms with E-state index >= 15 is 0 Å². The first kappa shape index (κ1) is 23.0. The number of hydrazone groups is 1. The van der Waals surface area contributed by atoms with Crippen molar-refractivity contribution in [1.82, 2.24) is 15.0 Å². The van der Waals surface area contributed by atoms with Crippen LogP contribution in [0, 0.1) is 13.8 Å². The molecule has 10 heteroatoms. The zero-order valence-corrected chi connectivity index (χ0v) is 19.7. The zero-order chi connectivity index (χ0) is 24.2. The number of ether oxygens (including phenoxy) is 2. The molecule has 3 aromatic heterocycles. The van der Waals surface area contributed by atoms with Gasteiger partial charge in [0.05, 0.1) is 19.0 Å². The Bertz CT molecular complexity index is 1390. The molecule has 3 N–H and O–H groups in total. The van der Waals surface area contributed by atoms with E-state index in [9.17, 15) is 9.59 Å². The molecule has 0 bridgehead atoms. The smallest absolute Gasteiger partial charge is 0.283 e. The number of methoxy groups -OCH3 is 1. The molecule has 0 atom stereocenters. The fourth-order valence-corrected chi connectivity index (χ4v) is 4.74. The lowest BCUT2D eigenvalue weighted by Crippen LogP contribution is -2.20. The number of primary amides is 1. The maximum Gasteiger partial charge on any atom is 0.283 e. The van der Waals surface area contributed by atoms with Crippen molar-refractivity contribution in [2.75, 3.05) is 13.7 Å². The first-order valence-electron chi connectivity index (χ1n) is 10.3. The van der Waals surface area contributed by atoms with Crippen molar-refractivity contribution in [3.05, 3.63) is 70.5 Å². The molecule has 2 amide bonds. The molecule has 4 rings (SSSR count). The molecule has 4 aromatic rings. The normalized spacial score (nSPS) is 11.1. The maximum absolute atomic E-state index is 13.1. The Morgan fingerprint density at radius 1 is 1.21 bits per heavy atom. The number of carbonyl (C=O) groups is 2. The van der Waals surface area contributed by atoms with Crippen LogP contribution >= 0.6 is 11.3 Å². The summed E-state index contributed by atoms with van der Waals surface area (Å²) in [6.07, 6.45) is 5.29. The zero-order valence-electron chi connectivity index (χ0n) is 18.9. The molecule has 0 saturated heterocycles. The number of carbonyl (C=O) groups excluding carboxylic acids is 2. The van der Waals surface area contributed by atoms with E-state index in [1.807, 2.05) is 49.0 Å². The molecule has 1 aromatic carbocycles. The number of rotatable bonds is 8. The second kappa shape index (κ2) is 9.75. The molecule has 0 radical (unpaired) electrons. The van der Waals surface area contributed by atoms with Gasteiger partial charge in [0, 0.05) is 23.5 Å². The summed E-state index contributed by atoms with van der Waals surface area (Å²) in [4.78, 5) is 30.0. The number of nitrogens with two attached hydrogens (primary N) is 1. The van der Waals surface area contributed by atoms with Gasteiger partial charge < -0.3 is 19.8 Å². The van der Waals surface area contributed by atoms with Gasteiger partial charge in [0.2, 0.25) is 0 Å². The number of benzene rings is 1. The Morgan fingerprint density at radius 2 is 1.97 bits per heavy atom. The number of aromatic nitrogens is 2. The molecule has 174 valence electrons. The number of fused-ring (bicyclic) bond motifs is 1. The van der Waals surface area contributed by atoms with E-state index < -0.39 is 5.91 Å². The fraction of sp³-hybridized carbons (Fsp3) is 0.167. The summed E-state index contributed by atoms with van der Waals surface area (Å²) in [6, 6.07) is 10.8. The largest absolute Gasteiger partial charge is 0.493 e. The van der Waals surface area contributed by atoms with Gasteiger partial charge >= 0.3 is 0 Å². The van der Waals surface area contributed by atoms with E-state index in [1.54, 1.807) is 18.2 Å². The van der Waals surface area contributed by atoms with Crippen LogP contribution in [-0.2, 0) is 4.79 Å². The molecule has 0 aliphatic carbocycles. The van der Waals surface area contributed by atoms with Gasteiger partial charge in [-0.05, 0) is 61.4 Å². The number of amides is 2. The first-order valence-corrected chi connectivity index (χ1v) is 11.2. The Labute approximate surface area is 199 Å². The van der Waals surface area contributed by atoms with Gasteiger partial charge in [-0.25, -0.2) is 10.4 Å². The fourth-order valence-electron chi connectivity index (χ4n) is 3.56. The highest BCUT2D eigenvalue weighted by atomic mass is 32.1. The van der Waals surface area contributed by atoms with Crippen molar-refractivity contribution in [3.8, 4) is 17.2 Å². The summed E-state index contributed by atoms with van der Waals surface area (Å²) in [5.41, 5.74) is 11.1. The van der Waals surface area contributed by atoms with Gasteiger partial charge in [-0.3, -0.25) is 9.59 Å². The van der Waals surface area contributed by atoms with Crippen LogP contribution in [0.15, 0.2) is 53.9 Å². The summed E-state index contributed by atoms with van der Waals surface area (Å²) in [7, 11) is 1.48. The molecular formula is C24H23N5O4S. The summed E-state index contributed by atoms with van der Waals surface area (Å²) in [6.45, 7) is 3.69. The molecule has 0 spiro atoms.